The van der Waals surface area contributed by atoms with Crippen LogP contribution in [0, 0.1) is 0 Å². The van der Waals surface area contributed by atoms with Crippen molar-refractivity contribution >= 4 is 34.9 Å². The van der Waals surface area contributed by atoms with Gasteiger partial charge >= 0.3 is 6.03 Å². The Labute approximate surface area is 164 Å². The average Bonchev–Trinajstić information content (AvgIpc) is 2.56. The topological polar surface area (TPSA) is 96.2 Å². The van der Waals surface area contributed by atoms with Gasteiger partial charge in [0, 0.05) is 23.5 Å². The van der Waals surface area contributed by atoms with Crippen LogP contribution in [0.2, 0.25) is 5.02 Å². The molecule has 2 aromatic carbocycles. The molecule has 0 heterocycles. The van der Waals surface area contributed by atoms with Crippen LogP contribution < -0.4 is 21.7 Å². The smallest absolute Gasteiger partial charge is 0.319 e. The van der Waals surface area contributed by atoms with Crippen LogP contribution in [0.1, 0.15) is 36.7 Å². The zero-order valence-electron chi connectivity index (χ0n) is 15.7. The summed E-state index contributed by atoms with van der Waals surface area (Å²) in [6.07, 6.45) is 0.676. The molecule has 0 aliphatic heterocycles. The highest BCUT2D eigenvalue weighted by atomic mass is 35.5. The molecule has 0 radical (unpaired) electrons. The predicted molar refractivity (Wildman–Crippen MR) is 110 cm³/mol. The maximum absolute atomic E-state index is 12.4. The molecule has 0 spiro atoms. The number of nitrogens with one attached hydrogen (secondary N) is 3. The first kappa shape index (κ1) is 20.6. The number of rotatable bonds is 5. The van der Waals surface area contributed by atoms with Crippen molar-refractivity contribution in [1.82, 2.24) is 10.6 Å². The van der Waals surface area contributed by atoms with Crippen LogP contribution in [-0.4, -0.2) is 24.0 Å². The Kier molecular flexibility index (Phi) is 6.69. The lowest BCUT2D eigenvalue weighted by atomic mass is 10.1. The molecule has 0 unspecified atom stereocenters. The van der Waals surface area contributed by atoms with E-state index < -0.39 is 0 Å². The molecule has 0 saturated heterocycles. The van der Waals surface area contributed by atoms with Crippen LogP contribution in [-0.2, 0) is 6.42 Å². The summed E-state index contributed by atoms with van der Waals surface area (Å²) in [7, 11) is 0. The monoisotopic (exact) mass is 388 g/mol. The molecule has 0 saturated carbocycles. The summed E-state index contributed by atoms with van der Waals surface area (Å²) in [6.45, 7) is 6.11. The summed E-state index contributed by atoms with van der Waals surface area (Å²) in [4.78, 5) is 24.4. The van der Waals surface area contributed by atoms with E-state index in [9.17, 15) is 9.59 Å². The number of hydrogen-bond donors (Lipinski definition) is 4. The van der Waals surface area contributed by atoms with Crippen molar-refractivity contribution in [2.45, 2.75) is 32.7 Å². The van der Waals surface area contributed by atoms with Crippen LogP contribution in [0.3, 0.4) is 0 Å². The molecular weight excluding hydrogens is 364 g/mol. The van der Waals surface area contributed by atoms with Gasteiger partial charge in [0.2, 0.25) is 0 Å². The molecule has 0 aromatic heterocycles. The molecule has 0 aliphatic rings. The van der Waals surface area contributed by atoms with Crippen LogP contribution in [0.25, 0.3) is 0 Å². The second kappa shape index (κ2) is 8.77. The highest BCUT2D eigenvalue weighted by Gasteiger charge is 2.15. The zero-order valence-corrected chi connectivity index (χ0v) is 16.5. The Hall–Kier alpha value is -2.73. The Morgan fingerprint density at radius 1 is 1.07 bits per heavy atom. The van der Waals surface area contributed by atoms with Gasteiger partial charge in [-0.1, -0.05) is 23.7 Å². The van der Waals surface area contributed by atoms with Gasteiger partial charge < -0.3 is 21.7 Å². The lowest BCUT2D eigenvalue weighted by Crippen LogP contribution is -2.43. The maximum atomic E-state index is 12.4. The SMILES string of the molecule is CC(C)(C)NC(=O)Nc1ccc(Cl)c(C(=O)NCCc2ccc(N)cc2)c1. The number of benzene rings is 2. The van der Waals surface area contributed by atoms with Crippen molar-refractivity contribution in [2.24, 2.45) is 0 Å². The van der Waals surface area contributed by atoms with Gasteiger partial charge in [0.05, 0.1) is 10.6 Å². The van der Waals surface area contributed by atoms with E-state index in [1.165, 1.54) is 0 Å². The third-order valence-corrected chi connectivity index (χ3v) is 3.97. The van der Waals surface area contributed by atoms with E-state index in [1.54, 1.807) is 18.2 Å². The van der Waals surface area contributed by atoms with Crippen molar-refractivity contribution in [1.29, 1.82) is 0 Å². The highest BCUT2D eigenvalue weighted by Crippen LogP contribution is 2.21. The maximum Gasteiger partial charge on any atom is 0.319 e. The standard InChI is InChI=1S/C20H25ClN4O2/c1-20(2,3)25-19(27)24-15-8-9-17(21)16(12-15)18(26)23-11-10-13-4-6-14(22)7-5-13/h4-9,12H,10-11,22H2,1-3H3,(H,23,26)(H2,24,25,27). The van der Waals surface area contributed by atoms with Crippen molar-refractivity contribution in [3.05, 3.63) is 58.6 Å². The Balaban J connectivity index is 1.96. The zero-order chi connectivity index (χ0) is 20.0. The van der Waals surface area contributed by atoms with Gasteiger partial charge in [0.25, 0.3) is 5.91 Å². The number of carbonyl (C=O) groups excluding carboxylic acids is 2. The van der Waals surface area contributed by atoms with E-state index in [-0.39, 0.29) is 17.5 Å². The first-order valence-corrected chi connectivity index (χ1v) is 9.03. The van der Waals surface area contributed by atoms with E-state index in [2.05, 4.69) is 16.0 Å². The number of nitrogens with two attached hydrogens (primary N) is 1. The Morgan fingerprint density at radius 3 is 2.37 bits per heavy atom. The second-order valence-corrected chi connectivity index (χ2v) is 7.68. The number of amides is 3. The normalized spacial score (nSPS) is 11.0. The minimum Gasteiger partial charge on any atom is -0.399 e. The fourth-order valence-electron chi connectivity index (χ4n) is 2.38. The molecule has 0 aliphatic carbocycles. The van der Waals surface area contributed by atoms with Gasteiger partial charge in [-0.25, -0.2) is 4.79 Å². The van der Waals surface area contributed by atoms with Crippen LogP contribution in [0.5, 0.6) is 0 Å². The fourth-order valence-corrected chi connectivity index (χ4v) is 2.58. The summed E-state index contributed by atoms with van der Waals surface area (Å²) in [5, 5.41) is 8.66. The van der Waals surface area contributed by atoms with Crippen molar-refractivity contribution in [2.75, 3.05) is 17.6 Å². The van der Waals surface area contributed by atoms with Gasteiger partial charge in [0.1, 0.15) is 0 Å². The van der Waals surface area contributed by atoms with Crippen LogP contribution in [0.4, 0.5) is 16.2 Å². The van der Waals surface area contributed by atoms with Crippen molar-refractivity contribution in [3.8, 4) is 0 Å². The lowest BCUT2D eigenvalue weighted by Gasteiger charge is -2.21. The number of nitrogen functional groups attached to an aromatic ring is 1. The van der Waals surface area contributed by atoms with Crippen molar-refractivity contribution in [3.63, 3.8) is 0 Å². The molecule has 3 amide bonds. The minimum absolute atomic E-state index is 0.296. The minimum atomic E-state index is -0.362. The summed E-state index contributed by atoms with van der Waals surface area (Å²) in [5.74, 6) is -0.296. The van der Waals surface area contributed by atoms with Crippen LogP contribution in [0.15, 0.2) is 42.5 Å². The van der Waals surface area contributed by atoms with Gasteiger partial charge in [-0.3, -0.25) is 4.79 Å². The molecule has 27 heavy (non-hydrogen) atoms. The largest absolute Gasteiger partial charge is 0.399 e. The quantitative estimate of drug-likeness (QED) is 0.586. The van der Waals surface area contributed by atoms with Gasteiger partial charge in [-0.15, -0.1) is 0 Å². The average molecular weight is 389 g/mol. The van der Waals surface area contributed by atoms with E-state index >= 15 is 0 Å². The first-order chi connectivity index (χ1) is 12.6. The summed E-state index contributed by atoms with van der Waals surface area (Å²) in [6, 6.07) is 11.9. The molecule has 7 heteroatoms. The molecule has 5 N–H and O–H groups in total. The number of anilines is 2. The number of carbonyl (C=O) groups is 2. The van der Waals surface area contributed by atoms with E-state index in [0.717, 1.165) is 5.56 Å². The van der Waals surface area contributed by atoms with E-state index in [4.69, 9.17) is 17.3 Å². The third-order valence-electron chi connectivity index (χ3n) is 3.64. The first-order valence-electron chi connectivity index (χ1n) is 8.65. The molecule has 2 rings (SSSR count). The summed E-state index contributed by atoms with van der Waals surface area (Å²) >= 11 is 6.14. The lowest BCUT2D eigenvalue weighted by molar-refractivity contribution is 0.0954. The van der Waals surface area contributed by atoms with E-state index in [1.807, 2.05) is 45.0 Å². The van der Waals surface area contributed by atoms with Crippen molar-refractivity contribution < 1.29 is 9.59 Å². The molecule has 0 bridgehead atoms. The molecule has 6 nitrogen and oxygen atoms in total. The van der Waals surface area contributed by atoms with E-state index in [0.29, 0.717) is 34.9 Å². The number of urea groups is 1. The molecule has 0 fully saturated rings. The third kappa shape index (κ3) is 6.83. The number of halogens is 1. The predicted octanol–water partition coefficient (Wildman–Crippen LogP) is 3.81. The van der Waals surface area contributed by atoms with Crippen LogP contribution >= 0.6 is 11.6 Å². The number of hydrogen-bond acceptors (Lipinski definition) is 3. The van der Waals surface area contributed by atoms with Gasteiger partial charge in [-0.2, -0.15) is 0 Å². The Morgan fingerprint density at radius 2 is 1.74 bits per heavy atom. The second-order valence-electron chi connectivity index (χ2n) is 7.27. The molecular formula is C20H25ClN4O2. The highest BCUT2D eigenvalue weighted by molar-refractivity contribution is 6.34. The summed E-state index contributed by atoms with van der Waals surface area (Å²) < 4.78 is 0. The Bertz CT molecular complexity index is 814. The van der Waals surface area contributed by atoms with Gasteiger partial charge in [0.15, 0.2) is 0 Å². The molecule has 144 valence electrons. The van der Waals surface area contributed by atoms with Gasteiger partial charge in [-0.05, 0) is 63.1 Å². The summed E-state index contributed by atoms with van der Waals surface area (Å²) in [5.41, 5.74) is 7.87. The molecule has 2 aromatic rings. The fraction of sp³-hybridized carbons (Fsp3) is 0.300. The molecule has 0 atom stereocenters.